The molecule has 0 saturated carbocycles. The topological polar surface area (TPSA) is 82.5 Å². The van der Waals surface area contributed by atoms with Crippen LogP contribution >= 0.6 is 0 Å². The Bertz CT molecular complexity index is 950. The fourth-order valence-corrected chi connectivity index (χ4v) is 2.65. The Labute approximate surface area is 169 Å². The summed E-state index contributed by atoms with van der Waals surface area (Å²) in [6.07, 6.45) is 1.60. The Balaban J connectivity index is 1.47. The van der Waals surface area contributed by atoms with Crippen LogP contribution in [0, 0.1) is 0 Å². The number of carbonyl (C=O) groups excluding carboxylic acids is 2. The fourth-order valence-electron chi connectivity index (χ4n) is 2.65. The van der Waals surface area contributed by atoms with Gasteiger partial charge in [0, 0.05) is 12.1 Å². The van der Waals surface area contributed by atoms with Gasteiger partial charge in [-0.05, 0) is 43.7 Å². The van der Waals surface area contributed by atoms with Gasteiger partial charge in [0.25, 0.3) is 5.91 Å². The molecule has 7 nitrogen and oxygen atoms in total. The molecule has 1 aromatic heterocycles. The normalized spacial score (nSPS) is 10.6. The van der Waals surface area contributed by atoms with E-state index in [1.165, 1.54) is 0 Å². The van der Waals surface area contributed by atoms with Crippen molar-refractivity contribution in [2.75, 3.05) is 11.9 Å². The third-order valence-electron chi connectivity index (χ3n) is 4.10. The fraction of sp³-hybridized carbons (Fsp3) is 0.227. The molecule has 0 aliphatic rings. The Morgan fingerprint density at radius 3 is 2.45 bits per heavy atom. The molecule has 2 aromatic carbocycles. The molecular weight excluding hydrogens is 370 g/mol. The molecule has 1 amide bonds. The van der Waals surface area contributed by atoms with Crippen LogP contribution in [0.3, 0.4) is 0 Å². The molecule has 0 saturated heterocycles. The monoisotopic (exact) mass is 393 g/mol. The van der Waals surface area contributed by atoms with Crippen LogP contribution in [0.4, 0.5) is 5.82 Å². The van der Waals surface area contributed by atoms with Crippen LogP contribution in [0.25, 0.3) is 0 Å². The summed E-state index contributed by atoms with van der Waals surface area (Å²) < 4.78 is 12.5. The number of anilines is 1. The third-order valence-corrected chi connectivity index (χ3v) is 4.10. The average Bonchev–Trinajstić information content (AvgIpc) is 3.20. The van der Waals surface area contributed by atoms with Crippen molar-refractivity contribution in [3.8, 4) is 5.75 Å². The molecule has 0 fully saturated rings. The van der Waals surface area contributed by atoms with E-state index in [-0.39, 0.29) is 12.6 Å². The Morgan fingerprint density at radius 2 is 1.76 bits per heavy atom. The number of amides is 1. The molecule has 3 rings (SSSR count). The Hall–Kier alpha value is -3.61. The molecule has 29 heavy (non-hydrogen) atoms. The molecule has 0 aliphatic heterocycles. The van der Waals surface area contributed by atoms with E-state index in [0.29, 0.717) is 23.7 Å². The molecular formula is C22H23N3O4. The van der Waals surface area contributed by atoms with Crippen LogP contribution in [0.1, 0.15) is 35.8 Å². The Morgan fingerprint density at radius 1 is 1.03 bits per heavy atom. The zero-order valence-electron chi connectivity index (χ0n) is 16.4. The predicted octanol–water partition coefficient (Wildman–Crippen LogP) is 3.84. The van der Waals surface area contributed by atoms with Crippen LogP contribution in [0.2, 0.25) is 0 Å². The molecule has 1 heterocycles. The molecule has 7 heteroatoms. The first-order chi connectivity index (χ1) is 14.0. The van der Waals surface area contributed by atoms with Crippen molar-refractivity contribution >= 4 is 17.7 Å². The number of nitrogens with one attached hydrogen (secondary N) is 1. The van der Waals surface area contributed by atoms with E-state index in [4.69, 9.17) is 9.47 Å². The van der Waals surface area contributed by atoms with Gasteiger partial charge in [0.15, 0.2) is 6.61 Å². The van der Waals surface area contributed by atoms with Crippen molar-refractivity contribution in [2.24, 2.45) is 0 Å². The minimum Gasteiger partial charge on any atom is -0.489 e. The Kier molecular flexibility index (Phi) is 6.63. The van der Waals surface area contributed by atoms with Gasteiger partial charge in [0.2, 0.25) is 0 Å². The first kappa shape index (κ1) is 20.1. The van der Waals surface area contributed by atoms with E-state index in [0.717, 1.165) is 5.56 Å². The van der Waals surface area contributed by atoms with Crippen LogP contribution in [0.15, 0.2) is 66.9 Å². The molecule has 0 aliphatic carbocycles. The number of nitrogens with zero attached hydrogens (tertiary/aromatic N) is 2. The lowest BCUT2D eigenvalue weighted by Gasteiger charge is -2.12. The van der Waals surface area contributed by atoms with Gasteiger partial charge in [-0.25, -0.2) is 9.48 Å². The average molecular weight is 393 g/mol. The second-order valence-electron chi connectivity index (χ2n) is 6.68. The smallest absolute Gasteiger partial charge is 0.338 e. The first-order valence-electron chi connectivity index (χ1n) is 9.30. The lowest BCUT2D eigenvalue weighted by atomic mass is 10.2. The highest BCUT2D eigenvalue weighted by atomic mass is 16.5. The van der Waals surface area contributed by atoms with Gasteiger partial charge in [-0.3, -0.25) is 4.79 Å². The molecule has 0 atom stereocenters. The maximum absolute atomic E-state index is 12.2. The molecule has 0 bridgehead atoms. The standard InChI is InChI=1S/C22H23N3O4/c1-16(2)25-20(12-13-23-25)24-21(26)15-29-22(27)18-8-10-19(11-9-18)28-14-17-6-4-3-5-7-17/h3-13,16H,14-15H2,1-2H3,(H,24,26). The van der Waals surface area contributed by atoms with Crippen molar-refractivity contribution < 1.29 is 19.1 Å². The lowest BCUT2D eigenvalue weighted by molar-refractivity contribution is -0.119. The van der Waals surface area contributed by atoms with E-state index in [9.17, 15) is 9.59 Å². The number of rotatable bonds is 8. The zero-order chi connectivity index (χ0) is 20.6. The SMILES string of the molecule is CC(C)n1nccc1NC(=O)COC(=O)c1ccc(OCc2ccccc2)cc1. The van der Waals surface area contributed by atoms with Crippen LogP contribution in [-0.2, 0) is 16.1 Å². The van der Waals surface area contributed by atoms with Crippen molar-refractivity contribution in [2.45, 2.75) is 26.5 Å². The number of carbonyl (C=O) groups is 2. The number of benzene rings is 2. The number of esters is 1. The number of hydrogen-bond donors (Lipinski definition) is 1. The van der Waals surface area contributed by atoms with E-state index >= 15 is 0 Å². The van der Waals surface area contributed by atoms with Gasteiger partial charge >= 0.3 is 5.97 Å². The van der Waals surface area contributed by atoms with Crippen LogP contribution in [-0.4, -0.2) is 28.3 Å². The zero-order valence-corrected chi connectivity index (χ0v) is 16.4. The van der Waals surface area contributed by atoms with Crippen molar-refractivity contribution in [1.29, 1.82) is 0 Å². The molecule has 1 N–H and O–H groups in total. The van der Waals surface area contributed by atoms with Crippen molar-refractivity contribution in [1.82, 2.24) is 9.78 Å². The largest absolute Gasteiger partial charge is 0.489 e. The summed E-state index contributed by atoms with van der Waals surface area (Å²) in [5.41, 5.74) is 1.40. The van der Waals surface area contributed by atoms with E-state index < -0.39 is 11.9 Å². The van der Waals surface area contributed by atoms with Gasteiger partial charge in [-0.2, -0.15) is 5.10 Å². The summed E-state index contributed by atoms with van der Waals surface area (Å²) in [4.78, 5) is 24.2. The van der Waals surface area contributed by atoms with Gasteiger partial charge in [0.1, 0.15) is 18.2 Å². The number of ether oxygens (including phenoxy) is 2. The molecule has 150 valence electrons. The molecule has 0 radical (unpaired) electrons. The minimum absolute atomic E-state index is 0.102. The van der Waals surface area contributed by atoms with Gasteiger partial charge in [-0.1, -0.05) is 30.3 Å². The lowest BCUT2D eigenvalue weighted by Crippen LogP contribution is -2.23. The first-order valence-corrected chi connectivity index (χ1v) is 9.30. The van der Waals surface area contributed by atoms with E-state index in [1.807, 2.05) is 44.2 Å². The second kappa shape index (κ2) is 9.54. The van der Waals surface area contributed by atoms with E-state index in [1.54, 1.807) is 41.2 Å². The minimum atomic E-state index is -0.577. The molecule has 0 unspecified atom stereocenters. The highest BCUT2D eigenvalue weighted by Crippen LogP contribution is 2.15. The van der Waals surface area contributed by atoms with Crippen molar-refractivity contribution in [3.63, 3.8) is 0 Å². The maximum atomic E-state index is 12.2. The van der Waals surface area contributed by atoms with E-state index in [2.05, 4.69) is 10.4 Å². The molecule has 3 aromatic rings. The second-order valence-corrected chi connectivity index (χ2v) is 6.68. The maximum Gasteiger partial charge on any atom is 0.338 e. The predicted molar refractivity (Wildman–Crippen MR) is 109 cm³/mol. The van der Waals surface area contributed by atoms with Gasteiger partial charge < -0.3 is 14.8 Å². The summed E-state index contributed by atoms with van der Waals surface area (Å²) in [5.74, 6) is 0.196. The molecule has 0 spiro atoms. The van der Waals surface area contributed by atoms with Gasteiger partial charge in [0.05, 0.1) is 11.8 Å². The summed E-state index contributed by atoms with van der Waals surface area (Å²) in [6.45, 7) is 3.97. The quantitative estimate of drug-likeness (QED) is 0.588. The van der Waals surface area contributed by atoms with Crippen LogP contribution in [0.5, 0.6) is 5.75 Å². The third kappa shape index (κ3) is 5.68. The summed E-state index contributed by atoms with van der Waals surface area (Å²) in [6, 6.07) is 18.2. The van der Waals surface area contributed by atoms with Crippen LogP contribution < -0.4 is 10.1 Å². The summed E-state index contributed by atoms with van der Waals surface area (Å²) >= 11 is 0. The highest BCUT2D eigenvalue weighted by Gasteiger charge is 2.13. The number of hydrogen-bond acceptors (Lipinski definition) is 5. The summed E-state index contributed by atoms with van der Waals surface area (Å²) in [5, 5.41) is 6.82. The number of aromatic nitrogens is 2. The highest BCUT2D eigenvalue weighted by molar-refractivity contribution is 5.95. The summed E-state index contributed by atoms with van der Waals surface area (Å²) in [7, 11) is 0. The van der Waals surface area contributed by atoms with Crippen molar-refractivity contribution in [3.05, 3.63) is 78.0 Å². The van der Waals surface area contributed by atoms with Gasteiger partial charge in [-0.15, -0.1) is 0 Å².